The molecule has 0 aromatic heterocycles. The third-order valence-electron chi connectivity index (χ3n) is 15.1. The predicted molar refractivity (Wildman–Crippen MR) is 343 cm³/mol. The Morgan fingerprint density at radius 3 is 1.19 bits per heavy atom. The van der Waals surface area contributed by atoms with Gasteiger partial charge in [-0.05, 0) is 31.1 Å². The Labute approximate surface area is 503 Å². The number of rotatable bonds is 4. The summed E-state index contributed by atoms with van der Waals surface area (Å²) in [6, 6.07) is 86.0. The van der Waals surface area contributed by atoms with Crippen molar-refractivity contribution in [2.24, 2.45) is 0 Å². The average Bonchev–Trinajstić information content (AvgIpc) is 4.44. The van der Waals surface area contributed by atoms with Crippen molar-refractivity contribution in [1.29, 1.82) is 0 Å². The van der Waals surface area contributed by atoms with Gasteiger partial charge in [-0.25, -0.2) is 0 Å². The van der Waals surface area contributed by atoms with Gasteiger partial charge >= 0.3 is 46.1 Å². The molecule has 11 aromatic carbocycles. The van der Waals surface area contributed by atoms with Gasteiger partial charge in [0.2, 0.25) is 0 Å². The number of allylic oxidation sites excluding steroid dienone is 4. The Kier molecular flexibility index (Phi) is 17.6. The van der Waals surface area contributed by atoms with Gasteiger partial charge in [-0.2, -0.15) is 23.3 Å². The van der Waals surface area contributed by atoms with Crippen LogP contribution in [0.25, 0.3) is 43.1 Å². The Morgan fingerprint density at radius 1 is 0.354 bits per heavy atom. The minimum absolute atomic E-state index is 0. The minimum atomic E-state index is -1.09. The van der Waals surface area contributed by atoms with Gasteiger partial charge in [0.05, 0.1) is 0 Å². The Morgan fingerprint density at radius 2 is 0.722 bits per heavy atom. The van der Waals surface area contributed by atoms with E-state index in [1.165, 1.54) is 136 Å². The van der Waals surface area contributed by atoms with Gasteiger partial charge in [0.15, 0.2) is 0 Å². The van der Waals surface area contributed by atoms with E-state index in [0.717, 1.165) is 28.0 Å². The molecule has 0 spiro atoms. The molecule has 0 N–H and O–H groups in total. The van der Waals surface area contributed by atoms with Crippen LogP contribution in [0, 0.1) is 24.3 Å². The molecule has 0 aliphatic heterocycles. The summed E-state index contributed by atoms with van der Waals surface area (Å²) >= 11 is 0. The van der Waals surface area contributed by atoms with Crippen LogP contribution >= 0.6 is 0 Å². The van der Waals surface area contributed by atoms with Gasteiger partial charge in [0.25, 0.3) is 0 Å². The summed E-state index contributed by atoms with van der Waals surface area (Å²) in [6.07, 6.45) is 16.4. The molecule has 0 fully saturated rings. The van der Waals surface area contributed by atoms with E-state index >= 15 is 0 Å². The second kappa shape index (κ2) is 25.1. The number of hydrogen-bond donors (Lipinski definition) is 0. The normalized spacial score (nSPS) is 13.6. The van der Waals surface area contributed by atoms with Gasteiger partial charge in [0, 0.05) is 8.41 Å². The first-order valence-electron chi connectivity index (χ1n) is 26.8. The first-order valence-corrected chi connectivity index (χ1v) is 29.5. The van der Waals surface area contributed by atoms with E-state index in [9.17, 15) is 0 Å². The van der Waals surface area contributed by atoms with Crippen molar-refractivity contribution in [1.82, 2.24) is 0 Å². The fourth-order valence-electron chi connectivity index (χ4n) is 11.4. The molecular formula is C75H57Mg2Si2. The van der Waals surface area contributed by atoms with E-state index < -0.39 is 8.41 Å². The Balaban J connectivity index is 0.000000122. The first kappa shape index (κ1) is 55.4. The van der Waals surface area contributed by atoms with Crippen LogP contribution in [0.15, 0.2) is 259 Å². The Bertz CT molecular complexity index is 4110. The average molecular weight is 1060 g/mol. The van der Waals surface area contributed by atoms with Crippen molar-refractivity contribution in [3.05, 3.63) is 333 Å². The topological polar surface area (TPSA) is 0 Å². The summed E-state index contributed by atoms with van der Waals surface area (Å²) in [5.74, 6) is 0. The molecule has 0 atom stereocenters. The van der Waals surface area contributed by atoms with Gasteiger partial charge in [0.1, 0.15) is 0 Å². The maximum absolute atomic E-state index is 3.72. The van der Waals surface area contributed by atoms with E-state index in [4.69, 9.17) is 0 Å². The molecule has 0 heterocycles. The molecule has 0 unspecified atom stereocenters. The molecule has 0 saturated carbocycles. The minimum Gasteiger partial charge on any atom is -0.182 e. The van der Waals surface area contributed by atoms with E-state index in [-0.39, 0.29) is 46.1 Å². The smallest absolute Gasteiger partial charge is 0.182 e. The number of hydrogen-bond acceptors (Lipinski definition) is 0. The van der Waals surface area contributed by atoms with Crippen LogP contribution in [0.1, 0.15) is 77.8 Å². The fraction of sp³-hybridized carbons (Fsp3) is 0.0933. The summed E-state index contributed by atoms with van der Waals surface area (Å²) in [7, 11) is -0.290. The molecule has 1 radical (unpaired) electrons. The summed E-state index contributed by atoms with van der Waals surface area (Å²) in [5, 5.41) is 16.3. The zero-order chi connectivity index (χ0) is 52.2. The molecule has 0 bridgehead atoms. The standard InChI is InChI=1S/C26H19Si.C21H16Si.2C14H11.2Mg/c1-19-18-25-23-15-9-8-10-20(23)16-17-24(25)26(19)27(21-11-4-2-5-12-21)22-13-6-3-7-14-22;1-15-13-20-18-10-6-5-9-17(18)11-12-19(20)21(15)22-14-16-7-3-2-4-8-16;2*1-10-8-12-7-6-11-4-2-3-5-13(11)14(12)9-10;;/h2-17H,1H3;2-12H,14H2,1H3;2*2-7H,8H2,1H3;;/q4*-1;2*+2. The van der Waals surface area contributed by atoms with E-state index in [2.05, 4.69) is 289 Å². The van der Waals surface area contributed by atoms with Crippen LogP contribution in [-0.4, -0.2) is 74.0 Å². The molecule has 4 heteroatoms. The third-order valence-corrected chi connectivity index (χ3v) is 19.6. The van der Waals surface area contributed by atoms with Gasteiger partial charge < -0.3 is 0 Å². The largest absolute Gasteiger partial charge is 2.00 e. The second-order valence-corrected chi connectivity index (χ2v) is 24.0. The summed E-state index contributed by atoms with van der Waals surface area (Å²) in [5.41, 5.74) is 17.4. The molecular weight excluding hydrogens is 1010 g/mol. The molecule has 4 aliphatic carbocycles. The molecule has 79 heavy (non-hydrogen) atoms. The summed E-state index contributed by atoms with van der Waals surface area (Å²) in [6.45, 7) is 8.71. The number of fused-ring (bicyclic) bond motifs is 12. The number of benzene rings is 11. The SMILES string of the molecule is CC1=[C-]c2c(ccc3ccccc23)C1.CC1=[C-]c2c(ccc3ccccc23)C1.CC1=[C-]c2c(ccc3ccccc23)C1=[Si](c1ccccc1)c1ccccc1.CC1=[C-]c2c(ccc3ccccc23)C1=[Si]Cc1ccccc1.[Mg+2].[Mg+2]. The monoisotopic (exact) mass is 1060 g/mol. The van der Waals surface area contributed by atoms with Crippen LogP contribution in [0.3, 0.4) is 0 Å². The molecule has 0 nitrogen and oxygen atoms in total. The summed E-state index contributed by atoms with van der Waals surface area (Å²) in [4.78, 5) is 0. The predicted octanol–water partition coefficient (Wildman–Crippen LogP) is 15.0. The zero-order valence-corrected chi connectivity index (χ0v) is 50.4. The van der Waals surface area contributed by atoms with Crippen molar-refractivity contribution in [2.45, 2.75) is 46.6 Å². The quantitative estimate of drug-likeness (QED) is 0.122. The molecule has 0 amide bonds. The maximum atomic E-state index is 3.72. The van der Waals surface area contributed by atoms with Crippen LogP contribution in [-0.2, 0) is 18.9 Å². The first-order chi connectivity index (χ1) is 37.8. The fourth-order valence-corrected chi connectivity index (χ4v) is 15.7. The van der Waals surface area contributed by atoms with E-state index in [1.54, 1.807) is 0 Å². The van der Waals surface area contributed by atoms with Gasteiger partial charge in [-0.15, -0.1) is 125 Å². The maximum Gasteiger partial charge on any atom is 2.00 e. The van der Waals surface area contributed by atoms with Crippen molar-refractivity contribution in [3.63, 3.8) is 0 Å². The van der Waals surface area contributed by atoms with Crippen LogP contribution in [0.4, 0.5) is 0 Å². The summed E-state index contributed by atoms with van der Waals surface area (Å²) < 4.78 is 0. The second-order valence-electron chi connectivity index (χ2n) is 20.4. The van der Waals surface area contributed by atoms with Crippen molar-refractivity contribution in [2.75, 3.05) is 0 Å². The van der Waals surface area contributed by atoms with Crippen molar-refractivity contribution in [3.8, 4) is 0 Å². The Hall–Kier alpha value is -6.87. The van der Waals surface area contributed by atoms with Gasteiger partial charge in [-0.3, -0.25) is 0 Å². The van der Waals surface area contributed by atoms with Crippen molar-refractivity contribution >= 4 is 127 Å². The van der Waals surface area contributed by atoms with Crippen LogP contribution < -0.4 is 10.4 Å². The van der Waals surface area contributed by atoms with E-state index in [0.29, 0.717) is 0 Å². The van der Waals surface area contributed by atoms with Gasteiger partial charge in [-0.1, -0.05) is 273 Å². The van der Waals surface area contributed by atoms with E-state index in [1.807, 2.05) is 0 Å². The molecule has 15 rings (SSSR count). The third kappa shape index (κ3) is 11.7. The van der Waals surface area contributed by atoms with Crippen LogP contribution in [0.5, 0.6) is 0 Å². The molecule has 11 aromatic rings. The van der Waals surface area contributed by atoms with Crippen molar-refractivity contribution < 1.29 is 0 Å². The molecule has 0 saturated heterocycles. The van der Waals surface area contributed by atoms with Crippen LogP contribution in [0.2, 0.25) is 0 Å². The molecule has 369 valence electrons. The zero-order valence-electron chi connectivity index (χ0n) is 45.6. The molecule has 4 aliphatic rings.